The molecule has 0 heterocycles. The fraction of sp³-hybridized carbons (Fsp3) is 0.333. The maximum Gasteiger partial charge on any atom is 0.323 e. The average Bonchev–Trinajstić information content (AvgIpc) is 2.31. The molecule has 0 saturated heterocycles. The van der Waals surface area contributed by atoms with E-state index in [1.54, 1.807) is 0 Å². The first kappa shape index (κ1) is 14.4. The van der Waals surface area contributed by atoms with Crippen LogP contribution in [0.25, 0.3) is 0 Å². The van der Waals surface area contributed by atoms with Gasteiger partial charge >= 0.3 is 5.97 Å². The largest absolute Gasteiger partial charge is 0.480 e. The van der Waals surface area contributed by atoms with E-state index in [-0.39, 0.29) is 17.1 Å². The summed E-state index contributed by atoms with van der Waals surface area (Å²) in [6.45, 7) is 1.77. The number of amides is 1. The van der Waals surface area contributed by atoms with Gasteiger partial charge in [0.2, 0.25) is 0 Å². The van der Waals surface area contributed by atoms with Crippen LogP contribution >= 0.6 is 11.6 Å². The van der Waals surface area contributed by atoms with Crippen LogP contribution in [-0.2, 0) is 4.79 Å². The lowest BCUT2D eigenvalue weighted by Gasteiger charge is -2.20. The topological polar surface area (TPSA) is 57.6 Å². The van der Waals surface area contributed by atoms with Crippen molar-refractivity contribution in [2.24, 2.45) is 0 Å². The summed E-state index contributed by atoms with van der Waals surface area (Å²) >= 11 is 5.58. The zero-order valence-electron chi connectivity index (χ0n) is 9.82. The number of hydrogen-bond acceptors (Lipinski definition) is 2. The summed E-state index contributed by atoms with van der Waals surface area (Å²) in [5.41, 5.74) is 0.177. The second-order valence-electron chi connectivity index (χ2n) is 3.75. The quantitative estimate of drug-likeness (QED) is 0.896. The summed E-state index contributed by atoms with van der Waals surface area (Å²) in [6.07, 6.45) is 0.633. The number of carbonyl (C=O) groups is 2. The summed E-state index contributed by atoms with van der Waals surface area (Å²) in [5, 5.41) is 8.57. The third-order valence-corrected chi connectivity index (χ3v) is 2.56. The summed E-state index contributed by atoms with van der Waals surface area (Å²) in [4.78, 5) is 23.9. The minimum absolute atomic E-state index is 0.160. The Hall–Kier alpha value is -1.62. The van der Waals surface area contributed by atoms with E-state index in [2.05, 4.69) is 0 Å². The Bertz CT molecular complexity index is 465. The molecule has 6 heteroatoms. The van der Waals surface area contributed by atoms with E-state index in [1.807, 2.05) is 6.92 Å². The van der Waals surface area contributed by atoms with Gasteiger partial charge in [-0.15, -0.1) is 0 Å². The summed E-state index contributed by atoms with van der Waals surface area (Å²) in [7, 11) is 0. The van der Waals surface area contributed by atoms with Crippen molar-refractivity contribution in [1.82, 2.24) is 4.90 Å². The van der Waals surface area contributed by atoms with E-state index in [4.69, 9.17) is 16.7 Å². The van der Waals surface area contributed by atoms with Crippen molar-refractivity contribution < 1.29 is 19.1 Å². The van der Waals surface area contributed by atoms with E-state index in [0.717, 1.165) is 6.07 Å². The molecule has 98 valence electrons. The van der Waals surface area contributed by atoms with Gasteiger partial charge < -0.3 is 10.0 Å². The average molecular weight is 274 g/mol. The van der Waals surface area contributed by atoms with Gasteiger partial charge in [-0.05, 0) is 24.6 Å². The SMILES string of the molecule is CCCN(CC(=O)O)C(=O)c1ccc(F)c(Cl)c1. The molecule has 1 aromatic carbocycles. The maximum absolute atomic E-state index is 13.0. The number of rotatable bonds is 5. The van der Waals surface area contributed by atoms with Crippen LogP contribution in [0.1, 0.15) is 23.7 Å². The first-order chi connectivity index (χ1) is 8.45. The van der Waals surface area contributed by atoms with Crippen LogP contribution in [0.5, 0.6) is 0 Å². The third-order valence-electron chi connectivity index (χ3n) is 2.27. The molecule has 0 saturated carbocycles. The van der Waals surface area contributed by atoms with Gasteiger partial charge in [0, 0.05) is 12.1 Å². The number of carboxylic acids is 1. The van der Waals surface area contributed by atoms with Crippen LogP contribution in [0.2, 0.25) is 5.02 Å². The molecule has 0 unspecified atom stereocenters. The Morgan fingerprint density at radius 3 is 2.61 bits per heavy atom. The van der Waals surface area contributed by atoms with Gasteiger partial charge in [-0.25, -0.2) is 4.39 Å². The van der Waals surface area contributed by atoms with E-state index >= 15 is 0 Å². The van der Waals surface area contributed by atoms with Crippen LogP contribution < -0.4 is 0 Å². The number of benzene rings is 1. The number of carboxylic acid groups (broad SMARTS) is 1. The van der Waals surface area contributed by atoms with Gasteiger partial charge in [-0.1, -0.05) is 18.5 Å². The Morgan fingerprint density at radius 1 is 1.44 bits per heavy atom. The van der Waals surface area contributed by atoms with Crippen LogP contribution in [0.3, 0.4) is 0 Å². The maximum atomic E-state index is 13.0. The van der Waals surface area contributed by atoms with Crippen molar-refractivity contribution in [3.8, 4) is 0 Å². The predicted molar refractivity (Wildman–Crippen MR) is 65.2 cm³/mol. The van der Waals surface area contributed by atoms with Gasteiger partial charge in [-0.2, -0.15) is 0 Å². The van der Waals surface area contributed by atoms with Gasteiger partial charge in [-0.3, -0.25) is 9.59 Å². The van der Waals surface area contributed by atoms with Crippen molar-refractivity contribution in [3.63, 3.8) is 0 Å². The number of aliphatic carboxylic acids is 1. The smallest absolute Gasteiger partial charge is 0.323 e. The Morgan fingerprint density at radius 2 is 2.11 bits per heavy atom. The van der Waals surface area contributed by atoms with Crippen LogP contribution in [0.4, 0.5) is 4.39 Å². The zero-order valence-corrected chi connectivity index (χ0v) is 10.6. The lowest BCUT2D eigenvalue weighted by atomic mass is 10.2. The summed E-state index contributed by atoms with van der Waals surface area (Å²) in [5.74, 6) is -2.18. The van der Waals surface area contributed by atoms with Crippen molar-refractivity contribution in [1.29, 1.82) is 0 Å². The molecule has 18 heavy (non-hydrogen) atoms. The van der Waals surface area contributed by atoms with Crippen LogP contribution in [0.15, 0.2) is 18.2 Å². The molecule has 0 spiro atoms. The molecule has 0 fully saturated rings. The van der Waals surface area contributed by atoms with Crippen molar-refractivity contribution in [2.45, 2.75) is 13.3 Å². The number of halogens is 2. The Kier molecular flexibility index (Phi) is 5.09. The highest BCUT2D eigenvalue weighted by Gasteiger charge is 2.18. The van der Waals surface area contributed by atoms with Gasteiger partial charge in [0.1, 0.15) is 12.4 Å². The van der Waals surface area contributed by atoms with Gasteiger partial charge in [0.15, 0.2) is 0 Å². The highest BCUT2D eigenvalue weighted by Crippen LogP contribution is 2.17. The van der Waals surface area contributed by atoms with Crippen LogP contribution in [-0.4, -0.2) is 35.0 Å². The summed E-state index contributed by atoms with van der Waals surface area (Å²) < 4.78 is 13.0. The van der Waals surface area contributed by atoms with Gasteiger partial charge in [0.05, 0.1) is 5.02 Å². The van der Waals surface area contributed by atoms with Crippen molar-refractivity contribution in [3.05, 3.63) is 34.6 Å². The molecule has 4 nitrogen and oxygen atoms in total. The highest BCUT2D eigenvalue weighted by atomic mass is 35.5. The monoisotopic (exact) mass is 273 g/mol. The normalized spacial score (nSPS) is 10.2. The van der Waals surface area contributed by atoms with Crippen molar-refractivity contribution >= 4 is 23.5 Å². The molecule has 0 aromatic heterocycles. The molecule has 0 radical (unpaired) electrons. The van der Waals surface area contributed by atoms with E-state index in [0.29, 0.717) is 13.0 Å². The minimum Gasteiger partial charge on any atom is -0.480 e. The molecule has 0 aliphatic carbocycles. The second-order valence-corrected chi connectivity index (χ2v) is 4.16. The molecule has 0 aliphatic heterocycles. The molecule has 1 amide bonds. The number of carbonyl (C=O) groups excluding carboxylic acids is 1. The van der Waals surface area contributed by atoms with Crippen LogP contribution in [0, 0.1) is 5.82 Å². The molecule has 0 bridgehead atoms. The summed E-state index contributed by atoms with van der Waals surface area (Å²) in [6, 6.07) is 3.57. The molecule has 1 rings (SSSR count). The first-order valence-corrected chi connectivity index (χ1v) is 5.79. The van der Waals surface area contributed by atoms with E-state index in [1.165, 1.54) is 17.0 Å². The van der Waals surface area contributed by atoms with E-state index in [9.17, 15) is 14.0 Å². The van der Waals surface area contributed by atoms with Crippen molar-refractivity contribution in [2.75, 3.05) is 13.1 Å². The Balaban J connectivity index is 2.93. The minimum atomic E-state index is -1.09. The van der Waals surface area contributed by atoms with E-state index < -0.39 is 17.7 Å². The fourth-order valence-electron chi connectivity index (χ4n) is 1.50. The second kappa shape index (κ2) is 6.35. The predicted octanol–water partition coefficient (Wildman–Crippen LogP) is 2.42. The lowest BCUT2D eigenvalue weighted by molar-refractivity contribution is -0.137. The first-order valence-electron chi connectivity index (χ1n) is 5.41. The standard InChI is InChI=1S/C12H13ClFNO3/c1-2-5-15(7-11(16)17)12(18)8-3-4-10(14)9(13)6-8/h3-4,6H,2,5,7H2,1H3,(H,16,17). The molecule has 0 aliphatic rings. The molecule has 1 N–H and O–H groups in total. The zero-order chi connectivity index (χ0) is 13.7. The highest BCUT2D eigenvalue weighted by molar-refractivity contribution is 6.31. The number of hydrogen-bond donors (Lipinski definition) is 1. The molecular weight excluding hydrogens is 261 g/mol. The Labute approximate surface area is 109 Å². The van der Waals surface area contributed by atoms with Gasteiger partial charge in [0.25, 0.3) is 5.91 Å². The lowest BCUT2D eigenvalue weighted by Crippen LogP contribution is -2.36. The molecular formula is C12H13ClFNO3. The number of nitrogens with zero attached hydrogens (tertiary/aromatic N) is 1. The third kappa shape index (κ3) is 3.70. The fourth-order valence-corrected chi connectivity index (χ4v) is 1.68. The molecule has 0 atom stereocenters. The molecule has 1 aromatic rings.